The third-order valence-electron chi connectivity index (χ3n) is 5.37. The summed E-state index contributed by atoms with van der Waals surface area (Å²) in [5, 5.41) is 0.512. The summed E-state index contributed by atoms with van der Waals surface area (Å²) in [6.45, 7) is 1.29. The maximum absolute atomic E-state index is 13.9. The van der Waals surface area contributed by atoms with E-state index in [1.807, 2.05) is 6.07 Å². The van der Waals surface area contributed by atoms with Crippen LogP contribution in [0.1, 0.15) is 30.7 Å². The van der Waals surface area contributed by atoms with E-state index in [1.54, 1.807) is 41.3 Å². The second-order valence-electron chi connectivity index (χ2n) is 7.53. The van der Waals surface area contributed by atoms with E-state index >= 15 is 0 Å². The molecule has 2 aromatic carbocycles. The van der Waals surface area contributed by atoms with Gasteiger partial charge in [-0.15, -0.1) is 0 Å². The number of halogens is 1. The number of para-hydroxylation sites is 1. The number of carbonyl (C=O) groups is 1. The molecule has 1 aliphatic heterocycles. The van der Waals surface area contributed by atoms with Gasteiger partial charge in [0.25, 0.3) is 5.56 Å². The normalized spacial score (nSPS) is 16.1. The van der Waals surface area contributed by atoms with E-state index in [-0.39, 0.29) is 36.4 Å². The summed E-state index contributed by atoms with van der Waals surface area (Å²) in [7, 11) is 0. The largest absolute Gasteiger partial charge is 0.376 e. The first-order valence-electron chi connectivity index (χ1n) is 10.2. The molecule has 0 spiro atoms. The second-order valence-corrected chi connectivity index (χ2v) is 7.53. The number of benzene rings is 2. The van der Waals surface area contributed by atoms with E-state index in [1.165, 1.54) is 6.07 Å². The molecule has 1 amide bonds. The van der Waals surface area contributed by atoms with Gasteiger partial charge < -0.3 is 14.6 Å². The molecular weight excluding hydrogens is 385 g/mol. The van der Waals surface area contributed by atoms with Gasteiger partial charge in [0.1, 0.15) is 11.6 Å². The zero-order chi connectivity index (χ0) is 20.9. The van der Waals surface area contributed by atoms with Crippen molar-refractivity contribution in [3.05, 3.63) is 76.1 Å². The number of H-pyrrole nitrogens is 1. The topological polar surface area (TPSA) is 75.3 Å². The average Bonchev–Trinajstić information content (AvgIpc) is 3.26. The van der Waals surface area contributed by atoms with Crippen LogP contribution in [0.3, 0.4) is 0 Å². The highest BCUT2D eigenvalue weighted by Crippen LogP contribution is 2.17. The van der Waals surface area contributed by atoms with Gasteiger partial charge in [0, 0.05) is 19.6 Å². The first-order valence-corrected chi connectivity index (χ1v) is 10.2. The lowest BCUT2D eigenvalue weighted by atomic mass is 10.1. The Morgan fingerprint density at radius 1 is 1.20 bits per heavy atom. The highest BCUT2D eigenvalue weighted by Gasteiger charge is 2.23. The minimum Gasteiger partial charge on any atom is -0.376 e. The van der Waals surface area contributed by atoms with Crippen LogP contribution < -0.4 is 5.56 Å². The zero-order valence-electron chi connectivity index (χ0n) is 16.6. The van der Waals surface area contributed by atoms with Crippen molar-refractivity contribution in [3.63, 3.8) is 0 Å². The number of hydrogen-bond donors (Lipinski definition) is 1. The minimum atomic E-state index is -0.309. The second kappa shape index (κ2) is 9.17. The number of hydrogen-bond acceptors (Lipinski definition) is 4. The Labute approximate surface area is 173 Å². The van der Waals surface area contributed by atoms with E-state index in [2.05, 4.69) is 9.97 Å². The summed E-state index contributed by atoms with van der Waals surface area (Å²) < 4.78 is 19.6. The van der Waals surface area contributed by atoms with Crippen LogP contribution in [0.15, 0.2) is 53.3 Å². The zero-order valence-corrected chi connectivity index (χ0v) is 16.6. The van der Waals surface area contributed by atoms with E-state index in [9.17, 15) is 14.0 Å². The van der Waals surface area contributed by atoms with Crippen LogP contribution in [0, 0.1) is 5.82 Å². The number of amides is 1. The number of nitrogens with zero attached hydrogens (tertiary/aromatic N) is 2. The van der Waals surface area contributed by atoms with Crippen molar-refractivity contribution in [1.29, 1.82) is 0 Å². The molecule has 7 heteroatoms. The standard InChI is InChI=1S/C23H24FN3O3/c24-19-9-3-1-6-16(19)11-12-22(28)27(14-17-7-5-13-30-17)15-21-25-20-10-4-2-8-18(20)23(29)26-21/h1-4,6,8-10,17H,5,7,11-15H2,(H,25,26,29)/t17-/m0/s1. The molecule has 1 aromatic heterocycles. The molecule has 30 heavy (non-hydrogen) atoms. The van der Waals surface area contributed by atoms with Crippen LogP contribution in [0.25, 0.3) is 10.9 Å². The van der Waals surface area contributed by atoms with Crippen LogP contribution in [-0.2, 0) is 22.5 Å². The lowest BCUT2D eigenvalue weighted by Crippen LogP contribution is -2.38. The van der Waals surface area contributed by atoms with Crippen LogP contribution in [0.2, 0.25) is 0 Å². The summed E-state index contributed by atoms with van der Waals surface area (Å²) in [5.74, 6) is -0.00278. The van der Waals surface area contributed by atoms with Crippen LogP contribution in [0.4, 0.5) is 4.39 Å². The molecular formula is C23H24FN3O3. The molecule has 3 aromatic rings. The Morgan fingerprint density at radius 2 is 2.00 bits per heavy atom. The molecule has 6 nitrogen and oxygen atoms in total. The molecule has 1 fully saturated rings. The molecule has 0 aliphatic carbocycles. The molecule has 2 heterocycles. The Morgan fingerprint density at radius 3 is 2.80 bits per heavy atom. The van der Waals surface area contributed by atoms with Gasteiger partial charge in [0.05, 0.1) is 23.6 Å². The Kier molecular flexibility index (Phi) is 6.18. The quantitative estimate of drug-likeness (QED) is 0.650. The van der Waals surface area contributed by atoms with E-state index in [4.69, 9.17) is 4.74 Å². The van der Waals surface area contributed by atoms with Crippen LogP contribution in [-0.4, -0.2) is 40.0 Å². The fraction of sp³-hybridized carbons (Fsp3) is 0.348. The predicted molar refractivity (Wildman–Crippen MR) is 111 cm³/mol. The van der Waals surface area contributed by atoms with Gasteiger partial charge in [0.15, 0.2) is 0 Å². The van der Waals surface area contributed by atoms with Crippen molar-refractivity contribution in [2.45, 2.75) is 38.3 Å². The van der Waals surface area contributed by atoms with E-state index in [0.717, 1.165) is 12.8 Å². The SMILES string of the molecule is O=C(CCc1ccccc1F)N(Cc1nc2ccccc2c(=O)[nH]1)C[C@@H]1CCCO1. The molecule has 4 rings (SSSR count). The van der Waals surface area contributed by atoms with Crippen molar-refractivity contribution < 1.29 is 13.9 Å². The van der Waals surface area contributed by atoms with Crippen molar-refractivity contribution in [3.8, 4) is 0 Å². The smallest absolute Gasteiger partial charge is 0.258 e. The fourth-order valence-corrected chi connectivity index (χ4v) is 3.78. The number of rotatable bonds is 7. The van der Waals surface area contributed by atoms with Crippen molar-refractivity contribution >= 4 is 16.8 Å². The van der Waals surface area contributed by atoms with Gasteiger partial charge in [-0.1, -0.05) is 30.3 Å². The molecule has 0 saturated carbocycles. The highest BCUT2D eigenvalue weighted by atomic mass is 19.1. The number of ether oxygens (including phenoxy) is 1. The van der Waals surface area contributed by atoms with Gasteiger partial charge in [-0.05, 0) is 43.0 Å². The summed E-state index contributed by atoms with van der Waals surface area (Å²) in [6.07, 6.45) is 2.31. The van der Waals surface area contributed by atoms with Gasteiger partial charge in [-0.3, -0.25) is 9.59 Å². The molecule has 1 aliphatic rings. The molecule has 1 N–H and O–H groups in total. The predicted octanol–water partition coefficient (Wildman–Crippen LogP) is 3.20. The number of fused-ring (bicyclic) bond motifs is 1. The summed E-state index contributed by atoms with van der Waals surface area (Å²) in [6, 6.07) is 13.6. The molecule has 0 unspecified atom stereocenters. The summed E-state index contributed by atoms with van der Waals surface area (Å²) in [4.78, 5) is 34.3. The Hall–Kier alpha value is -3.06. The van der Waals surface area contributed by atoms with Crippen molar-refractivity contribution in [1.82, 2.24) is 14.9 Å². The first kappa shape index (κ1) is 20.2. The number of aromatic nitrogens is 2. The fourth-order valence-electron chi connectivity index (χ4n) is 3.78. The molecule has 156 valence electrons. The average molecular weight is 409 g/mol. The number of aromatic amines is 1. The van der Waals surface area contributed by atoms with Gasteiger partial charge in [0.2, 0.25) is 5.91 Å². The number of carbonyl (C=O) groups excluding carboxylic acids is 1. The number of aryl methyl sites for hydroxylation is 1. The highest BCUT2D eigenvalue weighted by molar-refractivity contribution is 5.78. The Balaban J connectivity index is 1.52. The van der Waals surface area contributed by atoms with E-state index in [0.29, 0.717) is 41.9 Å². The monoisotopic (exact) mass is 409 g/mol. The van der Waals surface area contributed by atoms with Crippen LogP contribution >= 0.6 is 0 Å². The van der Waals surface area contributed by atoms with Crippen molar-refractivity contribution in [2.24, 2.45) is 0 Å². The molecule has 1 saturated heterocycles. The first-order chi connectivity index (χ1) is 14.6. The van der Waals surface area contributed by atoms with Crippen molar-refractivity contribution in [2.75, 3.05) is 13.2 Å². The van der Waals surface area contributed by atoms with Crippen LogP contribution in [0.5, 0.6) is 0 Å². The molecule has 0 bridgehead atoms. The third kappa shape index (κ3) is 4.74. The molecule has 1 atom stereocenters. The van der Waals surface area contributed by atoms with Gasteiger partial charge in [-0.2, -0.15) is 0 Å². The maximum Gasteiger partial charge on any atom is 0.258 e. The summed E-state index contributed by atoms with van der Waals surface area (Å²) in [5.41, 5.74) is 0.874. The lowest BCUT2D eigenvalue weighted by molar-refractivity contribution is -0.133. The van der Waals surface area contributed by atoms with Gasteiger partial charge >= 0.3 is 0 Å². The number of nitrogens with one attached hydrogen (secondary N) is 1. The third-order valence-corrected chi connectivity index (χ3v) is 5.37. The van der Waals surface area contributed by atoms with E-state index < -0.39 is 0 Å². The Bertz CT molecular complexity index is 1090. The lowest BCUT2D eigenvalue weighted by Gasteiger charge is -2.25. The maximum atomic E-state index is 13.9. The van der Waals surface area contributed by atoms with Gasteiger partial charge in [-0.25, -0.2) is 9.37 Å². The minimum absolute atomic E-state index is 0.0328. The summed E-state index contributed by atoms with van der Waals surface area (Å²) >= 11 is 0. The molecule has 0 radical (unpaired) electrons.